The molecular formula is C27H33N3O2+2. The van der Waals surface area contributed by atoms with Gasteiger partial charge in [0, 0.05) is 35.7 Å². The molecule has 0 saturated carbocycles. The molecule has 5 heteroatoms. The lowest BCUT2D eigenvalue weighted by atomic mass is 9.99. The topological polar surface area (TPSA) is 59.4 Å². The fourth-order valence-electron chi connectivity index (χ4n) is 4.51. The number of quaternary nitrogens is 2. The van der Waals surface area contributed by atoms with E-state index in [1.54, 1.807) is 12.0 Å². The Balaban J connectivity index is 1.40. The fourth-order valence-corrected chi connectivity index (χ4v) is 4.51. The van der Waals surface area contributed by atoms with Gasteiger partial charge < -0.3 is 20.3 Å². The zero-order valence-electron chi connectivity index (χ0n) is 18.7. The van der Waals surface area contributed by atoms with Crippen LogP contribution in [0, 0.1) is 0 Å². The van der Waals surface area contributed by atoms with Crippen LogP contribution in [0.1, 0.15) is 30.0 Å². The first-order chi connectivity index (χ1) is 15.7. The van der Waals surface area contributed by atoms with E-state index in [1.807, 2.05) is 54.6 Å². The summed E-state index contributed by atoms with van der Waals surface area (Å²) in [5, 5.41) is 5.36. The standard InChI is InChI=1S/C27H31N3O2/c1-32-25-14-8-13-24(19-25)29-27(31)26(22-11-6-3-7-12-22)28-23-15-17-30(18-16-23)20-21-9-4-2-5-10-21/h2-14,19,23,26,28H,15-18,20H2,1H3,(H,29,31)/p+2/t26-/m0/s1. The maximum Gasteiger partial charge on any atom is 0.287 e. The first-order valence-electron chi connectivity index (χ1n) is 11.4. The Morgan fingerprint density at radius 2 is 1.69 bits per heavy atom. The highest BCUT2D eigenvalue weighted by Gasteiger charge is 2.31. The molecule has 3 aromatic carbocycles. The molecule has 1 saturated heterocycles. The second-order valence-electron chi connectivity index (χ2n) is 8.55. The molecule has 0 aliphatic carbocycles. The molecule has 1 aliphatic heterocycles. The monoisotopic (exact) mass is 431 g/mol. The summed E-state index contributed by atoms with van der Waals surface area (Å²) in [5.41, 5.74) is 3.18. The zero-order chi connectivity index (χ0) is 22.2. The van der Waals surface area contributed by atoms with Gasteiger partial charge >= 0.3 is 0 Å². The summed E-state index contributed by atoms with van der Waals surface area (Å²) in [6.07, 6.45) is 2.22. The number of hydrogen-bond acceptors (Lipinski definition) is 2. The highest BCUT2D eigenvalue weighted by molar-refractivity contribution is 5.94. The van der Waals surface area contributed by atoms with Gasteiger partial charge in [0.15, 0.2) is 6.04 Å². The highest BCUT2D eigenvalue weighted by atomic mass is 16.5. The average molecular weight is 432 g/mol. The summed E-state index contributed by atoms with van der Waals surface area (Å²) in [6.45, 7) is 3.34. The van der Waals surface area contributed by atoms with Crippen LogP contribution in [0.5, 0.6) is 5.75 Å². The van der Waals surface area contributed by atoms with Crippen LogP contribution in [0.15, 0.2) is 84.9 Å². The van der Waals surface area contributed by atoms with Gasteiger partial charge in [-0.2, -0.15) is 0 Å². The third kappa shape index (κ3) is 5.96. The molecule has 1 atom stereocenters. The third-order valence-corrected chi connectivity index (χ3v) is 6.28. The molecule has 4 N–H and O–H groups in total. The Kier molecular flexibility index (Phi) is 7.54. The van der Waals surface area contributed by atoms with E-state index in [2.05, 4.69) is 41.0 Å². The summed E-state index contributed by atoms with van der Waals surface area (Å²) in [5.74, 6) is 0.736. The molecule has 1 fully saturated rings. The summed E-state index contributed by atoms with van der Waals surface area (Å²) in [7, 11) is 1.63. The zero-order valence-corrected chi connectivity index (χ0v) is 18.7. The normalized spacial score (nSPS) is 19.2. The maximum atomic E-state index is 13.3. The number of hydrogen-bond donors (Lipinski definition) is 3. The third-order valence-electron chi connectivity index (χ3n) is 6.28. The number of amides is 1. The molecule has 3 aromatic rings. The van der Waals surface area contributed by atoms with E-state index in [1.165, 1.54) is 5.56 Å². The first kappa shape index (κ1) is 22.1. The smallest absolute Gasteiger partial charge is 0.287 e. The lowest BCUT2D eigenvalue weighted by molar-refractivity contribution is -0.926. The van der Waals surface area contributed by atoms with E-state index >= 15 is 0 Å². The minimum Gasteiger partial charge on any atom is -0.497 e. The van der Waals surface area contributed by atoms with Crippen molar-refractivity contribution in [3.05, 3.63) is 96.1 Å². The van der Waals surface area contributed by atoms with Gasteiger partial charge in [0.25, 0.3) is 5.91 Å². The van der Waals surface area contributed by atoms with Crippen molar-refractivity contribution in [2.24, 2.45) is 0 Å². The van der Waals surface area contributed by atoms with Crippen LogP contribution in [-0.2, 0) is 11.3 Å². The van der Waals surface area contributed by atoms with Crippen molar-refractivity contribution in [3.8, 4) is 5.75 Å². The minimum atomic E-state index is -0.275. The lowest BCUT2D eigenvalue weighted by Crippen LogP contribution is -3.13. The molecule has 0 spiro atoms. The van der Waals surface area contributed by atoms with Gasteiger partial charge in [0.2, 0.25) is 0 Å². The Hall–Kier alpha value is -3.15. The number of likely N-dealkylation sites (tertiary alicyclic amines) is 1. The highest BCUT2D eigenvalue weighted by Crippen LogP contribution is 2.19. The Morgan fingerprint density at radius 1 is 1.00 bits per heavy atom. The second kappa shape index (κ2) is 10.9. The minimum absolute atomic E-state index is 0.00325. The SMILES string of the molecule is COc1cccc(NC(=O)[C@@H]([NH2+]C2CC[NH+](Cc3ccccc3)CC2)c2ccccc2)c1. The molecule has 5 nitrogen and oxygen atoms in total. The van der Waals surface area contributed by atoms with Crippen LogP contribution < -0.4 is 20.3 Å². The lowest BCUT2D eigenvalue weighted by Gasteiger charge is -2.30. The van der Waals surface area contributed by atoms with Crippen molar-refractivity contribution >= 4 is 11.6 Å². The van der Waals surface area contributed by atoms with E-state index in [-0.39, 0.29) is 11.9 Å². The average Bonchev–Trinajstić information content (AvgIpc) is 2.85. The molecule has 1 amide bonds. The number of rotatable bonds is 8. The second-order valence-corrected chi connectivity index (χ2v) is 8.55. The van der Waals surface area contributed by atoms with Gasteiger partial charge in [-0.25, -0.2) is 0 Å². The predicted octanol–water partition coefficient (Wildman–Crippen LogP) is 2.19. The Morgan fingerprint density at radius 3 is 2.38 bits per heavy atom. The summed E-state index contributed by atoms with van der Waals surface area (Å²) >= 11 is 0. The van der Waals surface area contributed by atoms with E-state index in [9.17, 15) is 4.79 Å². The molecular weight excluding hydrogens is 398 g/mol. The molecule has 0 aromatic heterocycles. The van der Waals surface area contributed by atoms with Crippen molar-refractivity contribution in [2.75, 3.05) is 25.5 Å². The number of benzene rings is 3. The van der Waals surface area contributed by atoms with E-state index in [4.69, 9.17) is 4.74 Å². The van der Waals surface area contributed by atoms with Crippen LogP contribution >= 0.6 is 0 Å². The number of nitrogens with two attached hydrogens (primary N) is 1. The van der Waals surface area contributed by atoms with Gasteiger partial charge in [0.05, 0.1) is 26.2 Å². The fraction of sp³-hybridized carbons (Fsp3) is 0.296. The van der Waals surface area contributed by atoms with Gasteiger partial charge in [-0.15, -0.1) is 0 Å². The predicted molar refractivity (Wildman–Crippen MR) is 127 cm³/mol. The Bertz CT molecular complexity index is 986. The van der Waals surface area contributed by atoms with Crippen LogP contribution in [0.3, 0.4) is 0 Å². The first-order valence-corrected chi connectivity index (χ1v) is 11.4. The van der Waals surface area contributed by atoms with Gasteiger partial charge in [-0.05, 0) is 12.1 Å². The molecule has 32 heavy (non-hydrogen) atoms. The van der Waals surface area contributed by atoms with Crippen molar-refractivity contribution in [1.29, 1.82) is 0 Å². The van der Waals surface area contributed by atoms with Crippen molar-refractivity contribution in [1.82, 2.24) is 0 Å². The molecule has 1 aliphatic rings. The van der Waals surface area contributed by atoms with Crippen LogP contribution in [0.4, 0.5) is 5.69 Å². The number of carbonyl (C=O) groups excluding carboxylic acids is 1. The summed E-state index contributed by atoms with van der Waals surface area (Å²) in [4.78, 5) is 14.9. The molecule has 0 unspecified atom stereocenters. The Labute approximate surface area is 190 Å². The van der Waals surface area contributed by atoms with Crippen molar-refractivity contribution in [3.63, 3.8) is 0 Å². The van der Waals surface area contributed by atoms with Gasteiger partial charge in [-0.1, -0.05) is 66.7 Å². The molecule has 4 rings (SSSR count). The number of methoxy groups -OCH3 is 1. The largest absolute Gasteiger partial charge is 0.497 e. The van der Waals surface area contributed by atoms with E-state index in [0.29, 0.717) is 6.04 Å². The van der Waals surface area contributed by atoms with Gasteiger partial charge in [0.1, 0.15) is 12.3 Å². The molecule has 166 valence electrons. The number of anilines is 1. The maximum absolute atomic E-state index is 13.3. The van der Waals surface area contributed by atoms with Crippen molar-refractivity contribution in [2.45, 2.75) is 31.5 Å². The number of carbonyl (C=O) groups is 1. The molecule has 0 bridgehead atoms. The van der Waals surface area contributed by atoms with Crippen LogP contribution in [-0.4, -0.2) is 32.1 Å². The van der Waals surface area contributed by atoms with Crippen molar-refractivity contribution < 1.29 is 19.7 Å². The summed E-state index contributed by atoms with van der Waals surface area (Å²) in [6, 6.07) is 28.5. The number of piperidine rings is 1. The molecule has 1 heterocycles. The summed E-state index contributed by atoms with van der Waals surface area (Å²) < 4.78 is 5.29. The molecule has 0 radical (unpaired) electrons. The van der Waals surface area contributed by atoms with Crippen LogP contribution in [0.25, 0.3) is 0 Å². The quantitative estimate of drug-likeness (QED) is 0.512. The number of nitrogens with one attached hydrogen (secondary N) is 2. The van der Waals surface area contributed by atoms with Gasteiger partial charge in [-0.3, -0.25) is 4.79 Å². The van der Waals surface area contributed by atoms with Crippen LogP contribution in [0.2, 0.25) is 0 Å². The van der Waals surface area contributed by atoms with E-state index in [0.717, 1.165) is 49.5 Å². The van der Waals surface area contributed by atoms with E-state index < -0.39 is 0 Å². The number of ether oxygens (including phenoxy) is 1.